The maximum atomic E-state index is 12.7. The van der Waals surface area contributed by atoms with Gasteiger partial charge in [0.1, 0.15) is 11.5 Å². The number of benzene rings is 1. The SMILES string of the molecule is CC#CC(=O)N1CCCC[C@H]1c1nc(-c2ccc(C(=O)Nc3cc(C#N)ccn3)cc2)c(C(N)=O)n1N. The first kappa shape index (κ1) is 24.9. The second-order valence-corrected chi connectivity index (χ2v) is 8.36. The lowest BCUT2D eigenvalue weighted by molar-refractivity contribution is -0.129. The zero-order valence-corrected chi connectivity index (χ0v) is 20.1. The molecule has 11 heteroatoms. The smallest absolute Gasteiger partial charge is 0.299 e. The molecule has 3 heterocycles. The van der Waals surface area contributed by atoms with E-state index in [-0.39, 0.29) is 23.1 Å². The standard InChI is InChI=1S/C26H24N8O3/c1-2-5-21(35)33-13-4-3-6-19(33)25-32-22(23(24(28)36)34(25)29)17-7-9-18(10-8-17)26(37)31-20-14-16(15-27)11-12-30-20/h7-12,14,19H,3-4,6,13,29H2,1H3,(H2,28,36)(H,30,31,37)/t19-/m0/s1. The van der Waals surface area contributed by atoms with Crippen molar-refractivity contribution in [2.75, 3.05) is 17.7 Å². The number of imidazole rings is 1. The van der Waals surface area contributed by atoms with Gasteiger partial charge in [0.15, 0.2) is 11.5 Å². The average molecular weight is 497 g/mol. The van der Waals surface area contributed by atoms with Crippen LogP contribution in [0.2, 0.25) is 0 Å². The molecule has 0 saturated carbocycles. The van der Waals surface area contributed by atoms with Gasteiger partial charge in [0.05, 0.1) is 17.7 Å². The van der Waals surface area contributed by atoms with Crippen LogP contribution in [0.5, 0.6) is 0 Å². The largest absolute Gasteiger partial charge is 0.364 e. The molecule has 1 aromatic carbocycles. The predicted octanol–water partition coefficient (Wildman–Crippen LogP) is 1.96. The molecule has 1 fully saturated rings. The van der Waals surface area contributed by atoms with Crippen molar-refractivity contribution in [2.45, 2.75) is 32.2 Å². The topological polar surface area (TPSA) is 173 Å². The summed E-state index contributed by atoms with van der Waals surface area (Å²) in [5, 5.41) is 11.7. The van der Waals surface area contributed by atoms with Crippen molar-refractivity contribution in [1.82, 2.24) is 19.5 Å². The first-order valence-electron chi connectivity index (χ1n) is 11.5. The monoisotopic (exact) mass is 496 g/mol. The van der Waals surface area contributed by atoms with Crippen LogP contribution in [-0.2, 0) is 4.79 Å². The molecule has 5 N–H and O–H groups in total. The second kappa shape index (κ2) is 10.6. The Kier molecular flexibility index (Phi) is 7.16. The number of nitrogens with one attached hydrogen (secondary N) is 1. The van der Waals surface area contributed by atoms with Gasteiger partial charge in [-0.15, -0.1) is 0 Å². The van der Waals surface area contributed by atoms with Crippen molar-refractivity contribution in [3.8, 4) is 29.2 Å². The number of nitrogens with zero attached hydrogens (tertiary/aromatic N) is 5. The van der Waals surface area contributed by atoms with Crippen LogP contribution < -0.4 is 16.9 Å². The molecule has 1 aliphatic rings. The Labute approximate surface area is 213 Å². The van der Waals surface area contributed by atoms with Gasteiger partial charge in [-0.05, 0) is 56.4 Å². The van der Waals surface area contributed by atoms with E-state index in [9.17, 15) is 14.4 Å². The summed E-state index contributed by atoms with van der Waals surface area (Å²) in [5.74, 6) is 10.5. The van der Waals surface area contributed by atoms with E-state index in [0.717, 1.165) is 17.5 Å². The number of pyridine rings is 1. The molecule has 0 radical (unpaired) electrons. The van der Waals surface area contributed by atoms with Crippen molar-refractivity contribution in [3.05, 3.63) is 65.2 Å². The van der Waals surface area contributed by atoms with Crippen molar-refractivity contribution < 1.29 is 14.4 Å². The molecule has 37 heavy (non-hydrogen) atoms. The summed E-state index contributed by atoms with van der Waals surface area (Å²) >= 11 is 0. The van der Waals surface area contributed by atoms with Crippen LogP contribution in [-0.4, -0.2) is 43.8 Å². The number of likely N-dealkylation sites (tertiary alicyclic amines) is 1. The number of hydrogen-bond acceptors (Lipinski definition) is 7. The van der Waals surface area contributed by atoms with E-state index in [0.29, 0.717) is 35.5 Å². The highest BCUT2D eigenvalue weighted by molar-refractivity contribution is 6.04. The third kappa shape index (κ3) is 5.11. The number of nitrogens with two attached hydrogens (primary N) is 2. The molecule has 0 spiro atoms. The van der Waals surface area contributed by atoms with Crippen LogP contribution in [0.4, 0.5) is 5.82 Å². The number of anilines is 1. The van der Waals surface area contributed by atoms with Gasteiger partial charge in [0, 0.05) is 23.9 Å². The lowest BCUT2D eigenvalue weighted by atomic mass is 10.0. The fourth-order valence-electron chi connectivity index (χ4n) is 4.28. The van der Waals surface area contributed by atoms with Crippen LogP contribution >= 0.6 is 0 Å². The van der Waals surface area contributed by atoms with Gasteiger partial charge in [0.25, 0.3) is 17.7 Å². The van der Waals surface area contributed by atoms with E-state index in [2.05, 4.69) is 27.1 Å². The van der Waals surface area contributed by atoms with E-state index in [1.54, 1.807) is 36.1 Å². The maximum Gasteiger partial charge on any atom is 0.299 e. The molecule has 186 valence electrons. The molecule has 0 bridgehead atoms. The predicted molar refractivity (Wildman–Crippen MR) is 135 cm³/mol. The molecule has 3 aromatic rings. The molecule has 0 unspecified atom stereocenters. The minimum absolute atomic E-state index is 0.00994. The Morgan fingerprint density at radius 2 is 1.92 bits per heavy atom. The zero-order valence-electron chi connectivity index (χ0n) is 20.1. The summed E-state index contributed by atoms with van der Waals surface area (Å²) in [6.45, 7) is 2.09. The van der Waals surface area contributed by atoms with E-state index < -0.39 is 17.9 Å². The van der Waals surface area contributed by atoms with Gasteiger partial charge in [-0.25, -0.2) is 14.6 Å². The Balaban J connectivity index is 1.65. The number of piperidine rings is 1. The Hall–Kier alpha value is -5.16. The highest BCUT2D eigenvalue weighted by atomic mass is 16.2. The Morgan fingerprint density at radius 3 is 2.59 bits per heavy atom. The van der Waals surface area contributed by atoms with Crippen molar-refractivity contribution in [3.63, 3.8) is 0 Å². The Bertz CT molecular complexity index is 1470. The van der Waals surface area contributed by atoms with Crippen molar-refractivity contribution in [1.29, 1.82) is 5.26 Å². The summed E-state index contributed by atoms with van der Waals surface area (Å²) < 4.78 is 1.14. The van der Waals surface area contributed by atoms with Gasteiger partial charge >= 0.3 is 0 Å². The number of hydrogen-bond donors (Lipinski definition) is 3. The number of nitrogen functional groups attached to an aromatic ring is 1. The van der Waals surface area contributed by atoms with Crippen LogP contribution in [0.3, 0.4) is 0 Å². The molecule has 3 amide bonds. The van der Waals surface area contributed by atoms with Crippen molar-refractivity contribution >= 4 is 23.5 Å². The molecule has 2 aromatic heterocycles. The molecule has 11 nitrogen and oxygen atoms in total. The summed E-state index contributed by atoms with van der Waals surface area (Å²) in [7, 11) is 0. The minimum Gasteiger partial charge on any atom is -0.364 e. The van der Waals surface area contributed by atoms with Crippen LogP contribution in [0.25, 0.3) is 11.3 Å². The van der Waals surface area contributed by atoms with Crippen LogP contribution in [0, 0.1) is 23.2 Å². The maximum absolute atomic E-state index is 12.7. The summed E-state index contributed by atoms with van der Waals surface area (Å²) in [4.78, 5) is 47.9. The number of amides is 3. The number of nitriles is 1. The summed E-state index contributed by atoms with van der Waals surface area (Å²) in [6, 6.07) is 10.9. The van der Waals surface area contributed by atoms with Gasteiger partial charge in [-0.1, -0.05) is 18.1 Å². The summed E-state index contributed by atoms with van der Waals surface area (Å²) in [6.07, 6.45) is 3.73. The van der Waals surface area contributed by atoms with Gasteiger partial charge in [0.2, 0.25) is 0 Å². The molecule has 0 aliphatic carbocycles. The number of rotatable bonds is 5. The van der Waals surface area contributed by atoms with Crippen molar-refractivity contribution in [2.24, 2.45) is 5.73 Å². The lowest BCUT2D eigenvalue weighted by Crippen LogP contribution is -2.40. The number of carbonyl (C=O) groups is 3. The van der Waals surface area contributed by atoms with Gasteiger partial charge < -0.3 is 21.8 Å². The quantitative estimate of drug-likeness (QED) is 0.357. The van der Waals surface area contributed by atoms with E-state index in [1.165, 1.54) is 18.3 Å². The second-order valence-electron chi connectivity index (χ2n) is 8.36. The Morgan fingerprint density at radius 1 is 1.16 bits per heavy atom. The van der Waals surface area contributed by atoms with Crippen LogP contribution in [0.15, 0.2) is 42.6 Å². The normalized spacial score (nSPS) is 14.7. The lowest BCUT2D eigenvalue weighted by Gasteiger charge is -2.33. The third-order valence-electron chi connectivity index (χ3n) is 6.02. The van der Waals surface area contributed by atoms with Crippen LogP contribution in [0.1, 0.15) is 64.5 Å². The number of aromatic nitrogens is 3. The molecule has 1 atom stereocenters. The van der Waals surface area contributed by atoms with Gasteiger partial charge in [-0.3, -0.25) is 14.4 Å². The number of carbonyl (C=O) groups excluding carboxylic acids is 3. The zero-order chi connectivity index (χ0) is 26.5. The van der Waals surface area contributed by atoms with E-state index in [4.69, 9.17) is 16.8 Å². The molecular formula is C26H24N8O3. The highest BCUT2D eigenvalue weighted by Gasteiger charge is 2.33. The highest BCUT2D eigenvalue weighted by Crippen LogP contribution is 2.33. The molecule has 1 saturated heterocycles. The fourth-order valence-corrected chi connectivity index (χ4v) is 4.28. The van der Waals surface area contributed by atoms with E-state index >= 15 is 0 Å². The molecule has 1 aliphatic heterocycles. The molecular weight excluding hydrogens is 472 g/mol. The number of primary amides is 1. The molecule has 4 rings (SSSR count). The summed E-state index contributed by atoms with van der Waals surface area (Å²) in [5.41, 5.74) is 7.10. The fraction of sp³-hybridized carbons (Fsp3) is 0.231. The minimum atomic E-state index is -0.774. The van der Waals surface area contributed by atoms with E-state index in [1.807, 2.05) is 6.07 Å². The first-order valence-corrected chi connectivity index (χ1v) is 11.5. The average Bonchev–Trinajstić information content (AvgIpc) is 3.26. The third-order valence-corrected chi connectivity index (χ3v) is 6.02. The van der Waals surface area contributed by atoms with Gasteiger partial charge in [-0.2, -0.15) is 5.26 Å². The first-order chi connectivity index (χ1) is 17.8.